The highest BCUT2D eigenvalue weighted by molar-refractivity contribution is 5.90. The summed E-state index contributed by atoms with van der Waals surface area (Å²) in [6.07, 6.45) is -2.97. The molecule has 32 heavy (non-hydrogen) atoms. The molecule has 3 aromatic rings. The van der Waals surface area contributed by atoms with E-state index < -0.39 is 17.8 Å². The van der Waals surface area contributed by atoms with Crippen LogP contribution in [0.1, 0.15) is 12.5 Å². The van der Waals surface area contributed by atoms with Gasteiger partial charge in [-0.05, 0) is 31.2 Å². The first-order chi connectivity index (χ1) is 15.3. The van der Waals surface area contributed by atoms with Gasteiger partial charge in [-0.1, -0.05) is 12.1 Å². The van der Waals surface area contributed by atoms with Gasteiger partial charge in [0.25, 0.3) is 5.56 Å². The third-order valence-electron chi connectivity index (χ3n) is 5.34. The number of hydrogen-bond acceptors (Lipinski definition) is 5. The zero-order valence-corrected chi connectivity index (χ0v) is 17.3. The Kier molecular flexibility index (Phi) is 5.72. The number of alkyl halides is 3. The van der Waals surface area contributed by atoms with Crippen molar-refractivity contribution in [3.8, 4) is 0 Å². The normalized spacial score (nSPS) is 14.6. The molecular formula is C21H21F3N6O2. The predicted molar refractivity (Wildman–Crippen MR) is 114 cm³/mol. The molecule has 3 heterocycles. The first-order valence-electron chi connectivity index (χ1n) is 10.1. The molecule has 1 saturated heterocycles. The van der Waals surface area contributed by atoms with Gasteiger partial charge in [-0.3, -0.25) is 9.36 Å². The van der Waals surface area contributed by atoms with Crippen LogP contribution in [0.4, 0.5) is 29.5 Å². The maximum atomic E-state index is 13.2. The van der Waals surface area contributed by atoms with Crippen LogP contribution in [-0.2, 0) is 12.7 Å². The maximum Gasteiger partial charge on any atom is 0.418 e. The fourth-order valence-electron chi connectivity index (χ4n) is 3.72. The van der Waals surface area contributed by atoms with Crippen molar-refractivity contribution >= 4 is 28.7 Å². The molecule has 11 heteroatoms. The van der Waals surface area contributed by atoms with Gasteiger partial charge in [0, 0.05) is 38.9 Å². The van der Waals surface area contributed by atoms with Crippen molar-refractivity contribution < 1.29 is 18.0 Å². The van der Waals surface area contributed by atoms with E-state index in [9.17, 15) is 22.8 Å². The van der Waals surface area contributed by atoms with E-state index in [4.69, 9.17) is 0 Å². The van der Waals surface area contributed by atoms with Crippen molar-refractivity contribution in [3.05, 3.63) is 58.5 Å². The van der Waals surface area contributed by atoms with E-state index in [-0.39, 0.29) is 30.2 Å². The summed E-state index contributed by atoms with van der Waals surface area (Å²) in [5.74, 6) is 0.273. The van der Waals surface area contributed by atoms with E-state index in [1.807, 2.05) is 6.92 Å². The second-order valence-corrected chi connectivity index (χ2v) is 7.28. The van der Waals surface area contributed by atoms with Gasteiger partial charge < -0.3 is 15.1 Å². The maximum absolute atomic E-state index is 13.2. The summed E-state index contributed by atoms with van der Waals surface area (Å²) in [6, 6.07) is 7.74. The average molecular weight is 446 g/mol. The summed E-state index contributed by atoms with van der Waals surface area (Å²) in [4.78, 5) is 37.4. The molecule has 1 aliphatic rings. The molecule has 0 atom stereocenters. The van der Waals surface area contributed by atoms with Crippen LogP contribution in [-0.4, -0.2) is 51.6 Å². The van der Waals surface area contributed by atoms with E-state index in [0.29, 0.717) is 30.8 Å². The zero-order valence-electron chi connectivity index (χ0n) is 17.3. The van der Waals surface area contributed by atoms with Crippen LogP contribution in [0.3, 0.4) is 0 Å². The van der Waals surface area contributed by atoms with Gasteiger partial charge in [0.2, 0.25) is 0 Å². The minimum atomic E-state index is -4.57. The Balaban J connectivity index is 1.49. The number of hydrogen-bond donors (Lipinski definition) is 1. The van der Waals surface area contributed by atoms with Crippen molar-refractivity contribution in [1.82, 2.24) is 19.4 Å². The number of nitrogens with one attached hydrogen (secondary N) is 1. The number of nitrogens with zero attached hydrogens (tertiary/aromatic N) is 5. The van der Waals surface area contributed by atoms with Crippen LogP contribution in [0, 0.1) is 0 Å². The lowest BCUT2D eigenvalue weighted by Crippen LogP contribution is -2.51. The molecule has 1 N–H and O–H groups in total. The lowest BCUT2D eigenvalue weighted by Gasteiger charge is -2.35. The Morgan fingerprint density at radius 3 is 2.50 bits per heavy atom. The van der Waals surface area contributed by atoms with Crippen LogP contribution < -0.4 is 15.8 Å². The molecule has 1 aromatic carbocycles. The average Bonchev–Trinajstić information content (AvgIpc) is 2.78. The number of aryl methyl sites for hydroxylation is 1. The smallest absolute Gasteiger partial charge is 0.348 e. The highest BCUT2D eigenvalue weighted by Gasteiger charge is 2.34. The van der Waals surface area contributed by atoms with Crippen LogP contribution in [0.5, 0.6) is 0 Å². The zero-order chi connectivity index (χ0) is 22.9. The molecule has 0 bridgehead atoms. The van der Waals surface area contributed by atoms with Gasteiger partial charge >= 0.3 is 12.2 Å². The summed E-state index contributed by atoms with van der Waals surface area (Å²) < 4.78 is 41.1. The molecule has 0 unspecified atom stereocenters. The van der Waals surface area contributed by atoms with Crippen molar-refractivity contribution in [3.63, 3.8) is 0 Å². The third-order valence-corrected chi connectivity index (χ3v) is 5.34. The topological polar surface area (TPSA) is 83.4 Å². The molecule has 2 aromatic heterocycles. The fraction of sp³-hybridized carbons (Fsp3) is 0.333. The molecule has 168 valence electrons. The number of anilines is 2. The Morgan fingerprint density at radius 2 is 1.81 bits per heavy atom. The Bertz CT molecular complexity index is 1200. The number of benzene rings is 1. The molecule has 0 radical (unpaired) electrons. The lowest BCUT2D eigenvalue weighted by molar-refractivity contribution is -0.136. The fourth-order valence-corrected chi connectivity index (χ4v) is 3.72. The minimum Gasteiger partial charge on any atom is -0.348 e. The van der Waals surface area contributed by atoms with Gasteiger partial charge in [-0.15, -0.1) is 0 Å². The molecule has 4 rings (SSSR count). The minimum absolute atomic E-state index is 0.234. The van der Waals surface area contributed by atoms with Gasteiger partial charge in [0.05, 0.1) is 11.3 Å². The second kappa shape index (κ2) is 8.48. The molecular weight excluding hydrogens is 425 g/mol. The van der Waals surface area contributed by atoms with Crippen LogP contribution in [0.2, 0.25) is 0 Å². The van der Waals surface area contributed by atoms with Crippen molar-refractivity contribution in [1.29, 1.82) is 0 Å². The van der Waals surface area contributed by atoms with Crippen molar-refractivity contribution in [2.24, 2.45) is 0 Å². The van der Waals surface area contributed by atoms with Gasteiger partial charge in [-0.25, -0.2) is 14.8 Å². The second-order valence-electron chi connectivity index (χ2n) is 7.28. The number of fused-ring (bicyclic) bond motifs is 1. The summed E-state index contributed by atoms with van der Waals surface area (Å²) in [7, 11) is 0. The first-order valence-corrected chi connectivity index (χ1v) is 10.1. The summed E-state index contributed by atoms with van der Waals surface area (Å²) in [5, 5.41) is 2.35. The highest BCUT2D eigenvalue weighted by atomic mass is 19.4. The molecule has 0 saturated carbocycles. The van der Waals surface area contributed by atoms with Gasteiger partial charge in [0.15, 0.2) is 11.5 Å². The highest BCUT2D eigenvalue weighted by Crippen LogP contribution is 2.34. The number of aromatic nitrogens is 3. The van der Waals surface area contributed by atoms with E-state index in [0.717, 1.165) is 6.07 Å². The third kappa shape index (κ3) is 4.10. The molecule has 8 nitrogen and oxygen atoms in total. The number of amides is 2. The number of para-hydroxylation sites is 1. The number of rotatable bonds is 3. The van der Waals surface area contributed by atoms with E-state index in [2.05, 4.69) is 15.3 Å². The summed E-state index contributed by atoms with van der Waals surface area (Å²) in [5.41, 5.74) is -0.364. The molecule has 0 spiro atoms. The van der Waals surface area contributed by atoms with Gasteiger partial charge in [-0.2, -0.15) is 13.2 Å². The number of urea groups is 1. The Hall–Kier alpha value is -3.63. The SMILES string of the molecule is CCn1c(=O)c(N2CCN(C(=O)Nc3ccccc3C(F)(F)F)CC2)nc2cccnc21. The van der Waals surface area contributed by atoms with Crippen molar-refractivity contribution in [2.75, 3.05) is 36.4 Å². The number of piperazine rings is 1. The number of pyridine rings is 1. The first kappa shape index (κ1) is 21.6. The molecule has 1 fully saturated rings. The van der Waals surface area contributed by atoms with Gasteiger partial charge in [0.1, 0.15) is 5.52 Å². The summed E-state index contributed by atoms with van der Waals surface area (Å²) in [6.45, 7) is 3.40. The number of halogens is 3. The molecule has 2 amide bonds. The molecule has 0 aliphatic carbocycles. The quantitative estimate of drug-likeness (QED) is 0.668. The van der Waals surface area contributed by atoms with Crippen LogP contribution in [0.15, 0.2) is 47.4 Å². The lowest BCUT2D eigenvalue weighted by atomic mass is 10.1. The van der Waals surface area contributed by atoms with Crippen LogP contribution >= 0.6 is 0 Å². The monoisotopic (exact) mass is 446 g/mol. The largest absolute Gasteiger partial charge is 0.418 e. The molecule has 1 aliphatic heterocycles. The number of carbonyl (C=O) groups excluding carboxylic acids is 1. The van der Waals surface area contributed by atoms with E-state index in [1.54, 1.807) is 27.8 Å². The standard InChI is InChI=1S/C21H21F3N6O2/c1-2-30-17-16(8-5-9-25-17)26-18(19(30)31)28-10-12-29(13-11-28)20(32)27-15-7-4-3-6-14(15)21(22,23)24/h3-9H,2,10-13H2,1H3,(H,27,32). The predicted octanol–water partition coefficient (Wildman–Crippen LogP) is 3.18. The van der Waals surface area contributed by atoms with Crippen LogP contribution in [0.25, 0.3) is 11.2 Å². The Labute approximate surface area is 181 Å². The van der Waals surface area contributed by atoms with E-state index in [1.165, 1.54) is 23.1 Å². The van der Waals surface area contributed by atoms with E-state index >= 15 is 0 Å². The van der Waals surface area contributed by atoms with Crippen molar-refractivity contribution in [2.45, 2.75) is 19.6 Å². The summed E-state index contributed by atoms with van der Waals surface area (Å²) >= 11 is 0. The Morgan fingerprint density at radius 1 is 1.09 bits per heavy atom. The number of carbonyl (C=O) groups is 1.